The van der Waals surface area contributed by atoms with Crippen LogP contribution in [0.4, 0.5) is 5.69 Å². The molecule has 1 amide bonds. The van der Waals surface area contributed by atoms with Crippen LogP contribution in [0.2, 0.25) is 0 Å². The summed E-state index contributed by atoms with van der Waals surface area (Å²) in [6.45, 7) is 10.8. The van der Waals surface area contributed by atoms with Gasteiger partial charge in [0.25, 0.3) is 0 Å². The normalized spacial score (nSPS) is 16.3. The summed E-state index contributed by atoms with van der Waals surface area (Å²) in [5.74, 6) is -0.181. The molecule has 1 aromatic carbocycles. The number of hydrogen-bond acceptors (Lipinski definition) is 4. The Kier molecular flexibility index (Phi) is 6.68. The predicted octanol–water partition coefficient (Wildman–Crippen LogP) is 3.37. The van der Waals surface area contributed by atoms with Gasteiger partial charge in [-0.2, -0.15) is 5.10 Å². The number of nitrogens with zero attached hydrogens (tertiary/aromatic N) is 3. The third-order valence-electron chi connectivity index (χ3n) is 4.89. The zero-order valence-corrected chi connectivity index (χ0v) is 17.8. The molecule has 2 aromatic rings. The zero-order valence-electron chi connectivity index (χ0n) is 16.2. The standard InChI is InChI=1S/C20H27BrN4O2/c1-14(12-25-16(3)19(21)15(2)23-25)20(26)22-18-6-4-5-17(11-18)13-24-7-9-27-10-8-24/h4-6,11,14H,7-10,12-13H2,1-3H3,(H,22,26). The Hall–Kier alpha value is -1.70. The van der Waals surface area contributed by atoms with Crippen molar-refractivity contribution >= 4 is 27.5 Å². The average molecular weight is 435 g/mol. The van der Waals surface area contributed by atoms with Gasteiger partial charge in [0.05, 0.1) is 35.8 Å². The lowest BCUT2D eigenvalue weighted by Gasteiger charge is -2.26. The van der Waals surface area contributed by atoms with Crippen molar-refractivity contribution in [1.82, 2.24) is 14.7 Å². The number of amides is 1. The van der Waals surface area contributed by atoms with E-state index in [4.69, 9.17) is 4.74 Å². The number of ether oxygens (including phenoxy) is 1. The highest BCUT2D eigenvalue weighted by atomic mass is 79.9. The van der Waals surface area contributed by atoms with Gasteiger partial charge in [0.1, 0.15) is 0 Å². The molecule has 1 atom stereocenters. The number of aromatic nitrogens is 2. The third kappa shape index (κ3) is 5.18. The molecule has 1 fully saturated rings. The third-order valence-corrected chi connectivity index (χ3v) is 6.04. The molecule has 3 rings (SSSR count). The molecule has 0 bridgehead atoms. The lowest BCUT2D eigenvalue weighted by atomic mass is 10.1. The molecule has 7 heteroatoms. The van der Waals surface area contributed by atoms with Crippen molar-refractivity contribution in [2.75, 3.05) is 31.6 Å². The Morgan fingerprint density at radius 3 is 2.74 bits per heavy atom. The lowest BCUT2D eigenvalue weighted by molar-refractivity contribution is -0.119. The van der Waals surface area contributed by atoms with Crippen LogP contribution in [-0.4, -0.2) is 46.9 Å². The number of morpholine rings is 1. The van der Waals surface area contributed by atoms with E-state index in [-0.39, 0.29) is 11.8 Å². The quantitative estimate of drug-likeness (QED) is 0.756. The summed E-state index contributed by atoms with van der Waals surface area (Å²) in [5, 5.41) is 7.54. The molecule has 2 heterocycles. The Morgan fingerprint density at radius 2 is 2.07 bits per heavy atom. The minimum atomic E-state index is -0.183. The molecule has 27 heavy (non-hydrogen) atoms. The number of carbonyl (C=O) groups excluding carboxylic acids is 1. The molecule has 0 spiro atoms. The van der Waals surface area contributed by atoms with Crippen LogP contribution >= 0.6 is 15.9 Å². The summed E-state index contributed by atoms with van der Waals surface area (Å²) in [5.41, 5.74) is 4.02. The molecule has 1 aliphatic rings. The number of carbonyl (C=O) groups is 1. The lowest BCUT2D eigenvalue weighted by Crippen LogP contribution is -2.35. The van der Waals surface area contributed by atoms with Gasteiger partial charge in [-0.3, -0.25) is 14.4 Å². The highest BCUT2D eigenvalue weighted by molar-refractivity contribution is 9.10. The molecule has 146 valence electrons. The molecule has 1 N–H and O–H groups in total. The topological polar surface area (TPSA) is 59.4 Å². The van der Waals surface area contributed by atoms with Gasteiger partial charge in [-0.1, -0.05) is 19.1 Å². The second kappa shape index (κ2) is 8.99. The van der Waals surface area contributed by atoms with Crippen LogP contribution in [0, 0.1) is 19.8 Å². The fourth-order valence-electron chi connectivity index (χ4n) is 3.23. The van der Waals surface area contributed by atoms with Crippen molar-refractivity contribution < 1.29 is 9.53 Å². The Balaban J connectivity index is 1.59. The molecule has 1 aliphatic heterocycles. The second-order valence-corrected chi connectivity index (χ2v) is 7.94. The van der Waals surface area contributed by atoms with E-state index in [1.807, 2.05) is 37.6 Å². The van der Waals surface area contributed by atoms with Crippen molar-refractivity contribution in [3.8, 4) is 0 Å². The average Bonchev–Trinajstić information content (AvgIpc) is 2.89. The Morgan fingerprint density at radius 1 is 1.33 bits per heavy atom. The van der Waals surface area contributed by atoms with Crippen LogP contribution in [0.25, 0.3) is 0 Å². The van der Waals surface area contributed by atoms with Gasteiger partial charge < -0.3 is 10.1 Å². The Bertz CT molecular complexity index is 799. The van der Waals surface area contributed by atoms with E-state index in [0.29, 0.717) is 6.54 Å². The molecule has 1 saturated heterocycles. The fourth-order valence-corrected chi connectivity index (χ4v) is 3.51. The predicted molar refractivity (Wildman–Crippen MR) is 110 cm³/mol. The van der Waals surface area contributed by atoms with Gasteiger partial charge in [0.2, 0.25) is 5.91 Å². The van der Waals surface area contributed by atoms with E-state index >= 15 is 0 Å². The maximum atomic E-state index is 12.6. The van der Waals surface area contributed by atoms with Crippen LogP contribution < -0.4 is 5.32 Å². The van der Waals surface area contributed by atoms with Gasteiger partial charge in [0.15, 0.2) is 0 Å². The minimum absolute atomic E-state index is 0.00204. The molecule has 6 nitrogen and oxygen atoms in total. The number of hydrogen-bond donors (Lipinski definition) is 1. The van der Waals surface area contributed by atoms with E-state index < -0.39 is 0 Å². The number of aryl methyl sites for hydroxylation is 1. The molecular formula is C20H27BrN4O2. The zero-order chi connectivity index (χ0) is 19.4. The van der Waals surface area contributed by atoms with Gasteiger partial charge >= 0.3 is 0 Å². The molecule has 0 saturated carbocycles. The highest BCUT2D eigenvalue weighted by Gasteiger charge is 2.18. The van der Waals surface area contributed by atoms with Crippen molar-refractivity contribution in [2.24, 2.45) is 5.92 Å². The van der Waals surface area contributed by atoms with E-state index in [1.54, 1.807) is 0 Å². The number of nitrogens with one attached hydrogen (secondary N) is 1. The van der Waals surface area contributed by atoms with Crippen LogP contribution in [0.15, 0.2) is 28.7 Å². The summed E-state index contributed by atoms with van der Waals surface area (Å²) < 4.78 is 8.29. The number of anilines is 1. The van der Waals surface area contributed by atoms with E-state index in [1.165, 1.54) is 5.56 Å². The van der Waals surface area contributed by atoms with Crippen LogP contribution in [0.1, 0.15) is 23.9 Å². The molecule has 1 aromatic heterocycles. The Labute approximate surface area is 169 Å². The minimum Gasteiger partial charge on any atom is -0.379 e. The van der Waals surface area contributed by atoms with Crippen molar-refractivity contribution in [2.45, 2.75) is 33.9 Å². The number of rotatable bonds is 6. The maximum absolute atomic E-state index is 12.6. The van der Waals surface area contributed by atoms with Crippen LogP contribution in [0.3, 0.4) is 0 Å². The van der Waals surface area contributed by atoms with Crippen molar-refractivity contribution in [1.29, 1.82) is 0 Å². The van der Waals surface area contributed by atoms with Gasteiger partial charge in [-0.25, -0.2) is 0 Å². The first kappa shape index (κ1) is 20.0. The highest BCUT2D eigenvalue weighted by Crippen LogP contribution is 2.21. The van der Waals surface area contributed by atoms with Crippen LogP contribution in [0.5, 0.6) is 0 Å². The summed E-state index contributed by atoms with van der Waals surface area (Å²) in [4.78, 5) is 15.0. The number of benzene rings is 1. The first-order valence-corrected chi connectivity index (χ1v) is 10.1. The van der Waals surface area contributed by atoms with Crippen LogP contribution in [-0.2, 0) is 22.6 Å². The monoisotopic (exact) mass is 434 g/mol. The van der Waals surface area contributed by atoms with Gasteiger partial charge in [0, 0.05) is 31.0 Å². The van der Waals surface area contributed by atoms with E-state index in [0.717, 1.165) is 54.4 Å². The smallest absolute Gasteiger partial charge is 0.229 e. The van der Waals surface area contributed by atoms with Crippen molar-refractivity contribution in [3.05, 3.63) is 45.7 Å². The van der Waals surface area contributed by atoms with Gasteiger partial charge in [-0.05, 0) is 47.5 Å². The first-order valence-electron chi connectivity index (χ1n) is 9.33. The van der Waals surface area contributed by atoms with E-state index in [2.05, 4.69) is 43.4 Å². The largest absolute Gasteiger partial charge is 0.379 e. The van der Waals surface area contributed by atoms with Crippen molar-refractivity contribution in [3.63, 3.8) is 0 Å². The summed E-state index contributed by atoms with van der Waals surface area (Å²) >= 11 is 3.53. The summed E-state index contributed by atoms with van der Waals surface area (Å²) in [6.07, 6.45) is 0. The molecule has 0 radical (unpaired) electrons. The SMILES string of the molecule is Cc1nn(CC(C)C(=O)Nc2cccc(CN3CCOCC3)c2)c(C)c1Br. The summed E-state index contributed by atoms with van der Waals surface area (Å²) in [7, 11) is 0. The molecule has 1 unspecified atom stereocenters. The first-order chi connectivity index (χ1) is 12.9. The second-order valence-electron chi connectivity index (χ2n) is 7.15. The molecular weight excluding hydrogens is 408 g/mol. The maximum Gasteiger partial charge on any atom is 0.229 e. The number of halogens is 1. The van der Waals surface area contributed by atoms with Gasteiger partial charge in [-0.15, -0.1) is 0 Å². The van der Waals surface area contributed by atoms with E-state index in [9.17, 15) is 4.79 Å². The fraction of sp³-hybridized carbons (Fsp3) is 0.500. The summed E-state index contributed by atoms with van der Waals surface area (Å²) in [6, 6.07) is 8.09. The molecule has 0 aliphatic carbocycles.